The molecule has 0 saturated carbocycles. The molecule has 0 bridgehead atoms. The number of aliphatic imine (C=N–C) groups is 1. The number of benzene rings is 2. The van der Waals surface area contributed by atoms with Crippen molar-refractivity contribution in [1.82, 2.24) is 20.4 Å². The van der Waals surface area contributed by atoms with Crippen molar-refractivity contribution in [3.8, 4) is 5.75 Å². The molecule has 0 radical (unpaired) electrons. The predicted molar refractivity (Wildman–Crippen MR) is 119 cm³/mol. The fourth-order valence-corrected chi connectivity index (χ4v) is 3.29. The van der Waals surface area contributed by atoms with Crippen molar-refractivity contribution in [2.75, 3.05) is 53.4 Å². The van der Waals surface area contributed by atoms with Crippen LogP contribution in [0.1, 0.15) is 11.1 Å². The summed E-state index contributed by atoms with van der Waals surface area (Å²) in [6.45, 7) is 7.67. The van der Waals surface area contributed by atoms with Crippen molar-refractivity contribution in [2.24, 2.45) is 4.99 Å². The Hall–Kier alpha value is -2.57. The number of ether oxygens (including phenoxy) is 1. The summed E-state index contributed by atoms with van der Waals surface area (Å²) in [5.74, 6) is 1.66. The summed E-state index contributed by atoms with van der Waals surface area (Å²) in [7, 11) is 3.98. The maximum Gasteiger partial charge on any atom is 0.191 e. The fourth-order valence-electron chi connectivity index (χ4n) is 3.29. The molecular weight excluding hydrogens is 362 g/mol. The second-order valence-corrected chi connectivity index (χ2v) is 7.41. The van der Waals surface area contributed by atoms with Crippen LogP contribution in [0.2, 0.25) is 0 Å². The quantitative estimate of drug-likeness (QED) is 0.408. The molecule has 3 rings (SSSR count). The molecule has 0 aliphatic carbocycles. The van der Waals surface area contributed by atoms with Crippen molar-refractivity contribution >= 4 is 5.96 Å². The number of nitrogens with zero attached hydrogens (tertiary/aromatic N) is 3. The number of piperazine rings is 1. The highest BCUT2D eigenvalue weighted by Crippen LogP contribution is 2.10. The third-order valence-corrected chi connectivity index (χ3v) is 5.12. The van der Waals surface area contributed by atoms with E-state index in [0.29, 0.717) is 13.2 Å². The molecule has 1 saturated heterocycles. The third kappa shape index (κ3) is 7.40. The topological polar surface area (TPSA) is 52.1 Å². The molecule has 0 atom stereocenters. The van der Waals surface area contributed by atoms with Crippen LogP contribution in [-0.4, -0.2) is 69.2 Å². The summed E-state index contributed by atoms with van der Waals surface area (Å²) < 4.78 is 5.69. The van der Waals surface area contributed by atoms with Gasteiger partial charge in [0.1, 0.15) is 12.4 Å². The van der Waals surface area contributed by atoms with Crippen molar-refractivity contribution in [3.63, 3.8) is 0 Å². The first-order chi connectivity index (χ1) is 14.2. The van der Waals surface area contributed by atoms with Gasteiger partial charge in [-0.05, 0) is 30.3 Å². The van der Waals surface area contributed by atoms with Gasteiger partial charge in [0.05, 0.1) is 6.54 Å². The molecule has 0 amide bonds. The Morgan fingerprint density at radius 2 is 1.62 bits per heavy atom. The zero-order valence-corrected chi connectivity index (χ0v) is 17.6. The Bertz CT molecular complexity index is 740. The van der Waals surface area contributed by atoms with Crippen LogP contribution in [0.5, 0.6) is 5.75 Å². The minimum absolute atomic E-state index is 0.589. The highest BCUT2D eigenvalue weighted by atomic mass is 16.5. The molecule has 1 aliphatic heterocycles. The maximum atomic E-state index is 5.69. The molecule has 29 heavy (non-hydrogen) atoms. The molecule has 1 heterocycles. The molecule has 156 valence electrons. The first-order valence-electron chi connectivity index (χ1n) is 10.3. The highest BCUT2D eigenvalue weighted by Gasteiger charge is 2.13. The van der Waals surface area contributed by atoms with Gasteiger partial charge in [-0.15, -0.1) is 0 Å². The van der Waals surface area contributed by atoms with Crippen molar-refractivity contribution in [2.45, 2.75) is 13.1 Å². The molecule has 0 spiro atoms. The molecule has 6 heteroatoms. The minimum atomic E-state index is 0.589. The lowest BCUT2D eigenvalue weighted by molar-refractivity contribution is 0.148. The average molecular weight is 396 g/mol. The third-order valence-electron chi connectivity index (χ3n) is 5.12. The molecule has 2 aromatic carbocycles. The van der Waals surface area contributed by atoms with Crippen LogP contribution < -0.4 is 15.4 Å². The van der Waals surface area contributed by atoms with Crippen LogP contribution in [0.3, 0.4) is 0 Å². The summed E-state index contributed by atoms with van der Waals surface area (Å²) in [4.78, 5) is 9.19. The maximum absolute atomic E-state index is 5.69. The van der Waals surface area contributed by atoms with Crippen molar-refractivity contribution in [3.05, 3.63) is 65.7 Å². The first kappa shape index (κ1) is 21.1. The van der Waals surface area contributed by atoms with E-state index in [9.17, 15) is 0 Å². The molecule has 2 aromatic rings. The molecular formula is C23H33N5O. The zero-order chi connectivity index (χ0) is 20.3. The second kappa shape index (κ2) is 11.4. The number of likely N-dealkylation sites (N-methyl/N-ethyl adjacent to an activating group) is 1. The van der Waals surface area contributed by atoms with E-state index in [1.165, 1.54) is 11.1 Å². The standard InChI is InChI=1S/C23H33N5O/c1-24-23(25-12-17-29-22-6-4-3-5-7-22)26-18-20-8-10-21(11-9-20)19-28-15-13-27(2)14-16-28/h3-11H,12-19H2,1-2H3,(H2,24,25,26). The summed E-state index contributed by atoms with van der Waals surface area (Å²) in [5.41, 5.74) is 2.62. The van der Waals surface area contributed by atoms with Crippen LogP contribution in [0.25, 0.3) is 0 Å². The van der Waals surface area contributed by atoms with Gasteiger partial charge < -0.3 is 20.3 Å². The van der Waals surface area contributed by atoms with Gasteiger partial charge in [-0.25, -0.2) is 0 Å². The Balaban J connectivity index is 1.35. The fraction of sp³-hybridized carbons (Fsp3) is 0.435. The smallest absolute Gasteiger partial charge is 0.191 e. The summed E-state index contributed by atoms with van der Waals surface area (Å²) in [5, 5.41) is 6.64. The molecule has 0 unspecified atom stereocenters. The number of nitrogens with one attached hydrogen (secondary N) is 2. The van der Waals surface area contributed by atoms with Crippen LogP contribution in [-0.2, 0) is 13.1 Å². The van der Waals surface area contributed by atoms with Crippen molar-refractivity contribution < 1.29 is 4.74 Å². The molecule has 1 fully saturated rings. The van der Waals surface area contributed by atoms with E-state index in [1.54, 1.807) is 7.05 Å². The largest absolute Gasteiger partial charge is 0.492 e. The molecule has 0 aromatic heterocycles. The average Bonchev–Trinajstić information content (AvgIpc) is 2.76. The Morgan fingerprint density at radius 3 is 2.31 bits per heavy atom. The van der Waals surface area contributed by atoms with Crippen LogP contribution in [0.4, 0.5) is 0 Å². The number of para-hydroxylation sites is 1. The Labute approximate surface area is 174 Å². The van der Waals surface area contributed by atoms with Gasteiger partial charge in [-0.1, -0.05) is 42.5 Å². The van der Waals surface area contributed by atoms with Gasteiger partial charge in [-0.3, -0.25) is 9.89 Å². The summed E-state index contributed by atoms with van der Waals surface area (Å²) in [6, 6.07) is 18.7. The van der Waals surface area contributed by atoms with E-state index in [-0.39, 0.29) is 0 Å². The zero-order valence-electron chi connectivity index (χ0n) is 17.6. The highest BCUT2D eigenvalue weighted by molar-refractivity contribution is 5.79. The van der Waals surface area contributed by atoms with Crippen molar-refractivity contribution in [1.29, 1.82) is 0 Å². The van der Waals surface area contributed by atoms with Gasteiger partial charge in [0.2, 0.25) is 0 Å². The van der Waals surface area contributed by atoms with E-state index in [1.807, 2.05) is 30.3 Å². The van der Waals surface area contributed by atoms with Gasteiger partial charge in [0.25, 0.3) is 0 Å². The number of guanidine groups is 1. The van der Waals surface area contributed by atoms with Crippen LogP contribution in [0.15, 0.2) is 59.6 Å². The summed E-state index contributed by atoms with van der Waals surface area (Å²) in [6.07, 6.45) is 0. The minimum Gasteiger partial charge on any atom is -0.492 e. The monoisotopic (exact) mass is 395 g/mol. The lowest BCUT2D eigenvalue weighted by Gasteiger charge is -2.32. The predicted octanol–water partition coefficient (Wildman–Crippen LogP) is 2.18. The van der Waals surface area contributed by atoms with E-state index in [2.05, 4.69) is 56.7 Å². The van der Waals surface area contributed by atoms with Gasteiger partial charge >= 0.3 is 0 Å². The Morgan fingerprint density at radius 1 is 0.931 bits per heavy atom. The van der Waals surface area contributed by atoms with Gasteiger partial charge in [0.15, 0.2) is 5.96 Å². The first-order valence-corrected chi connectivity index (χ1v) is 10.3. The molecule has 6 nitrogen and oxygen atoms in total. The van der Waals surface area contributed by atoms with E-state index < -0.39 is 0 Å². The van der Waals surface area contributed by atoms with Gasteiger partial charge in [-0.2, -0.15) is 0 Å². The number of rotatable bonds is 8. The summed E-state index contributed by atoms with van der Waals surface area (Å²) >= 11 is 0. The van der Waals surface area contributed by atoms with E-state index >= 15 is 0 Å². The number of hydrogen-bond acceptors (Lipinski definition) is 4. The normalized spacial score (nSPS) is 15.9. The van der Waals surface area contributed by atoms with Crippen LogP contribution >= 0.6 is 0 Å². The van der Waals surface area contributed by atoms with Gasteiger partial charge in [0, 0.05) is 46.3 Å². The molecule has 2 N–H and O–H groups in total. The lowest BCUT2D eigenvalue weighted by Crippen LogP contribution is -2.43. The molecule has 1 aliphatic rings. The number of hydrogen-bond donors (Lipinski definition) is 2. The second-order valence-electron chi connectivity index (χ2n) is 7.41. The van der Waals surface area contributed by atoms with E-state index in [0.717, 1.165) is 51.0 Å². The SMILES string of the molecule is CN=C(NCCOc1ccccc1)NCc1ccc(CN2CCN(C)CC2)cc1. The Kier molecular flexibility index (Phi) is 8.34. The van der Waals surface area contributed by atoms with E-state index in [4.69, 9.17) is 4.74 Å². The van der Waals surface area contributed by atoms with Crippen LogP contribution in [0, 0.1) is 0 Å². The lowest BCUT2D eigenvalue weighted by atomic mass is 10.1.